The van der Waals surface area contributed by atoms with E-state index in [-0.39, 0.29) is 5.97 Å². The highest BCUT2D eigenvalue weighted by molar-refractivity contribution is 5.95. The van der Waals surface area contributed by atoms with Gasteiger partial charge in [-0.05, 0) is 12.1 Å². The number of hydrogen-bond acceptors (Lipinski definition) is 3. The van der Waals surface area contributed by atoms with E-state index < -0.39 is 0 Å². The van der Waals surface area contributed by atoms with Crippen LogP contribution in [0.4, 0.5) is 5.69 Å². The summed E-state index contributed by atoms with van der Waals surface area (Å²) < 4.78 is 4.77. The molecule has 0 unspecified atom stereocenters. The number of carbonyl (C=O) groups is 1. The van der Waals surface area contributed by atoms with Gasteiger partial charge >= 0.3 is 5.97 Å². The summed E-state index contributed by atoms with van der Waals surface area (Å²) in [6.45, 7) is 8.73. The Bertz CT molecular complexity index is 402. The largest absolute Gasteiger partial charge is 0.465 e. The topological polar surface area (TPSA) is 29.5 Å². The van der Waals surface area contributed by atoms with Crippen molar-refractivity contribution in [1.29, 1.82) is 0 Å². The molecule has 0 aliphatic carbocycles. The predicted molar refractivity (Wildman–Crippen MR) is 70.4 cm³/mol. The Morgan fingerprint density at radius 1 is 1.29 bits per heavy atom. The van der Waals surface area contributed by atoms with Crippen molar-refractivity contribution in [2.75, 3.05) is 25.1 Å². The third-order valence-corrected chi connectivity index (χ3v) is 2.35. The van der Waals surface area contributed by atoms with Gasteiger partial charge in [0.25, 0.3) is 0 Å². The molecule has 0 aromatic heterocycles. The second kappa shape index (κ2) is 6.53. The Morgan fingerprint density at radius 2 is 1.88 bits per heavy atom. The van der Waals surface area contributed by atoms with Crippen molar-refractivity contribution < 1.29 is 9.53 Å². The van der Waals surface area contributed by atoms with E-state index in [4.69, 9.17) is 4.74 Å². The first-order valence-electron chi connectivity index (χ1n) is 5.38. The first kappa shape index (κ1) is 13.0. The van der Waals surface area contributed by atoms with Crippen LogP contribution in [0, 0.1) is 0 Å². The van der Waals surface area contributed by atoms with Crippen molar-refractivity contribution in [1.82, 2.24) is 0 Å². The number of ether oxygens (including phenoxy) is 1. The van der Waals surface area contributed by atoms with Crippen LogP contribution in [0.2, 0.25) is 0 Å². The van der Waals surface area contributed by atoms with Crippen LogP contribution in [0.5, 0.6) is 0 Å². The van der Waals surface area contributed by atoms with Gasteiger partial charge in [-0.1, -0.05) is 24.3 Å². The maximum absolute atomic E-state index is 11.6. The van der Waals surface area contributed by atoms with Crippen molar-refractivity contribution in [3.05, 3.63) is 55.1 Å². The van der Waals surface area contributed by atoms with Crippen molar-refractivity contribution in [2.45, 2.75) is 0 Å². The fourth-order valence-corrected chi connectivity index (χ4v) is 1.61. The standard InChI is InChI=1S/C14H17NO2/c1-4-10-15(11-5-2)13-9-7-6-8-12(13)14(16)17-3/h4-9H,1-2,10-11H2,3H3. The summed E-state index contributed by atoms with van der Waals surface area (Å²) in [6, 6.07) is 7.34. The summed E-state index contributed by atoms with van der Waals surface area (Å²) in [4.78, 5) is 13.7. The quantitative estimate of drug-likeness (QED) is 0.557. The highest BCUT2D eigenvalue weighted by atomic mass is 16.5. The van der Waals surface area contributed by atoms with Crippen LogP contribution in [0.25, 0.3) is 0 Å². The van der Waals surface area contributed by atoms with Gasteiger partial charge < -0.3 is 9.64 Å². The van der Waals surface area contributed by atoms with Crippen LogP contribution in [0.3, 0.4) is 0 Å². The fourth-order valence-electron chi connectivity index (χ4n) is 1.61. The lowest BCUT2D eigenvalue weighted by Crippen LogP contribution is -2.25. The third-order valence-electron chi connectivity index (χ3n) is 2.35. The summed E-state index contributed by atoms with van der Waals surface area (Å²) >= 11 is 0. The van der Waals surface area contributed by atoms with E-state index in [0.717, 1.165) is 5.69 Å². The molecule has 0 aliphatic rings. The summed E-state index contributed by atoms with van der Waals surface area (Å²) in [5.41, 5.74) is 1.39. The summed E-state index contributed by atoms with van der Waals surface area (Å²) in [5, 5.41) is 0. The van der Waals surface area contributed by atoms with Gasteiger partial charge in [-0.25, -0.2) is 4.79 Å². The highest BCUT2D eigenvalue weighted by Crippen LogP contribution is 2.21. The van der Waals surface area contributed by atoms with E-state index in [2.05, 4.69) is 13.2 Å². The Kier molecular flexibility index (Phi) is 5.01. The van der Waals surface area contributed by atoms with Crippen LogP contribution in [-0.2, 0) is 4.74 Å². The number of carbonyl (C=O) groups excluding carboxylic acids is 1. The third kappa shape index (κ3) is 3.21. The minimum absolute atomic E-state index is 0.335. The van der Waals surface area contributed by atoms with Gasteiger partial charge in [0.1, 0.15) is 0 Å². The fraction of sp³-hybridized carbons (Fsp3) is 0.214. The van der Waals surface area contributed by atoms with Crippen molar-refractivity contribution in [3.63, 3.8) is 0 Å². The number of methoxy groups -OCH3 is 1. The number of rotatable bonds is 6. The average Bonchev–Trinajstić information content (AvgIpc) is 2.37. The van der Waals surface area contributed by atoms with Gasteiger partial charge in [0, 0.05) is 13.1 Å². The molecule has 0 N–H and O–H groups in total. The Morgan fingerprint density at radius 3 is 2.41 bits per heavy atom. The van der Waals surface area contributed by atoms with E-state index in [0.29, 0.717) is 18.7 Å². The van der Waals surface area contributed by atoms with Gasteiger partial charge in [-0.2, -0.15) is 0 Å². The normalized spacial score (nSPS) is 9.47. The van der Waals surface area contributed by atoms with Gasteiger partial charge in [-0.3, -0.25) is 0 Å². The van der Waals surface area contributed by atoms with Crippen LogP contribution in [-0.4, -0.2) is 26.2 Å². The number of hydrogen-bond donors (Lipinski definition) is 0. The van der Waals surface area contributed by atoms with Gasteiger partial charge in [0.05, 0.1) is 18.4 Å². The monoisotopic (exact) mass is 231 g/mol. The van der Waals surface area contributed by atoms with Crippen molar-refractivity contribution in [3.8, 4) is 0 Å². The lowest BCUT2D eigenvalue weighted by molar-refractivity contribution is 0.0601. The van der Waals surface area contributed by atoms with Crippen LogP contribution < -0.4 is 4.90 Å². The minimum atomic E-state index is -0.335. The minimum Gasteiger partial charge on any atom is -0.465 e. The molecule has 0 heterocycles. The zero-order chi connectivity index (χ0) is 12.7. The highest BCUT2D eigenvalue weighted by Gasteiger charge is 2.14. The molecular weight excluding hydrogens is 214 g/mol. The number of para-hydroxylation sites is 1. The first-order valence-corrected chi connectivity index (χ1v) is 5.38. The van der Waals surface area contributed by atoms with Gasteiger partial charge in [0.15, 0.2) is 0 Å². The molecule has 0 saturated carbocycles. The average molecular weight is 231 g/mol. The number of benzene rings is 1. The number of nitrogens with zero attached hydrogens (tertiary/aromatic N) is 1. The summed E-state index contributed by atoms with van der Waals surface area (Å²) in [5.74, 6) is -0.335. The molecule has 0 spiro atoms. The second-order valence-corrected chi connectivity index (χ2v) is 3.49. The molecule has 0 atom stereocenters. The van der Waals surface area contributed by atoms with Crippen LogP contribution in [0.15, 0.2) is 49.6 Å². The molecule has 0 fully saturated rings. The Labute approximate surface area is 102 Å². The van der Waals surface area contributed by atoms with Crippen molar-refractivity contribution >= 4 is 11.7 Å². The van der Waals surface area contributed by atoms with E-state index in [1.165, 1.54) is 7.11 Å². The molecule has 0 aliphatic heterocycles. The molecule has 1 rings (SSSR count). The van der Waals surface area contributed by atoms with Crippen molar-refractivity contribution in [2.24, 2.45) is 0 Å². The number of anilines is 1. The molecule has 0 bridgehead atoms. The number of esters is 1. The molecule has 90 valence electrons. The Balaban J connectivity index is 3.12. The smallest absolute Gasteiger partial charge is 0.339 e. The molecular formula is C14H17NO2. The molecule has 1 aromatic rings. The zero-order valence-electron chi connectivity index (χ0n) is 10.1. The van der Waals surface area contributed by atoms with Gasteiger partial charge in [-0.15, -0.1) is 13.2 Å². The van der Waals surface area contributed by atoms with E-state index in [1.54, 1.807) is 18.2 Å². The summed E-state index contributed by atoms with van der Waals surface area (Å²) in [6.07, 6.45) is 3.58. The maximum Gasteiger partial charge on any atom is 0.339 e. The molecule has 1 aromatic carbocycles. The van der Waals surface area contributed by atoms with Crippen LogP contribution >= 0.6 is 0 Å². The zero-order valence-corrected chi connectivity index (χ0v) is 10.1. The molecule has 3 nitrogen and oxygen atoms in total. The van der Waals surface area contributed by atoms with E-state index in [9.17, 15) is 4.79 Å². The lowest BCUT2D eigenvalue weighted by atomic mass is 10.1. The molecule has 3 heteroatoms. The second-order valence-electron chi connectivity index (χ2n) is 3.49. The van der Waals surface area contributed by atoms with E-state index in [1.807, 2.05) is 23.1 Å². The predicted octanol–water partition coefficient (Wildman–Crippen LogP) is 2.65. The molecule has 0 saturated heterocycles. The van der Waals surface area contributed by atoms with Gasteiger partial charge in [0.2, 0.25) is 0 Å². The lowest BCUT2D eigenvalue weighted by Gasteiger charge is -2.23. The summed E-state index contributed by atoms with van der Waals surface area (Å²) in [7, 11) is 1.38. The van der Waals surface area contributed by atoms with Crippen LogP contribution in [0.1, 0.15) is 10.4 Å². The van der Waals surface area contributed by atoms with E-state index >= 15 is 0 Å². The molecule has 0 radical (unpaired) electrons. The molecule has 17 heavy (non-hydrogen) atoms. The Hall–Kier alpha value is -2.03. The first-order chi connectivity index (χ1) is 8.24. The SMILES string of the molecule is C=CCN(CC=C)c1ccccc1C(=O)OC. The maximum atomic E-state index is 11.6. The molecule has 0 amide bonds.